The van der Waals surface area contributed by atoms with E-state index in [0.717, 1.165) is 0 Å². The molecule has 0 radical (unpaired) electrons. The van der Waals surface area contributed by atoms with Crippen molar-refractivity contribution in [2.45, 2.75) is 47.1 Å². The van der Waals surface area contributed by atoms with Crippen molar-refractivity contribution in [2.24, 2.45) is 16.7 Å². The van der Waals surface area contributed by atoms with Crippen molar-refractivity contribution in [3.8, 4) is 0 Å². The lowest BCUT2D eigenvalue weighted by Crippen LogP contribution is -2.53. The summed E-state index contributed by atoms with van der Waals surface area (Å²) >= 11 is 0. The number of likely N-dealkylation sites (N-methyl/N-ethyl adjacent to an activating group) is 1. The van der Waals surface area contributed by atoms with Crippen LogP contribution in [0.4, 0.5) is 4.79 Å². The van der Waals surface area contributed by atoms with Crippen molar-refractivity contribution >= 4 is 6.09 Å². The third-order valence-corrected chi connectivity index (χ3v) is 4.13. The van der Waals surface area contributed by atoms with Gasteiger partial charge in [-0.25, -0.2) is 4.79 Å². The molecule has 2 atom stereocenters. The maximum Gasteiger partial charge on any atom is 0.411 e. The fraction of sp³-hybridized carbons (Fsp3) is 0.688. The first-order chi connectivity index (χ1) is 8.80. The van der Waals surface area contributed by atoms with Gasteiger partial charge < -0.3 is 10.2 Å². The minimum absolute atomic E-state index is 0.170. The Bertz CT molecular complexity index is 451. The molecule has 0 aromatic carbocycles. The first-order valence-electron chi connectivity index (χ1n) is 6.91. The Morgan fingerprint density at radius 1 is 1.25 bits per heavy atom. The zero-order valence-corrected chi connectivity index (χ0v) is 13.6. The van der Waals surface area contributed by atoms with Crippen molar-refractivity contribution in [1.29, 1.82) is 0 Å². The van der Waals surface area contributed by atoms with Crippen molar-refractivity contribution < 1.29 is 15.0 Å². The fourth-order valence-electron chi connectivity index (χ4n) is 2.63. The molecule has 1 rings (SSSR count). The minimum atomic E-state index is -1.01. The average Bonchev–Trinajstić information content (AvgIpc) is 2.25. The van der Waals surface area contributed by atoms with Gasteiger partial charge in [0.25, 0.3) is 0 Å². The van der Waals surface area contributed by atoms with E-state index in [-0.39, 0.29) is 16.7 Å². The van der Waals surface area contributed by atoms with Crippen molar-refractivity contribution in [3.05, 3.63) is 23.9 Å². The van der Waals surface area contributed by atoms with Gasteiger partial charge in [-0.15, -0.1) is 0 Å². The normalized spacial score (nSPS) is 27.2. The predicted octanol–water partition coefficient (Wildman–Crippen LogP) is 3.49. The summed E-state index contributed by atoms with van der Waals surface area (Å²) in [5, 5.41) is 20.2. The molecule has 114 valence electrons. The third kappa shape index (κ3) is 2.90. The van der Waals surface area contributed by atoms with Crippen LogP contribution in [0, 0.1) is 16.7 Å². The van der Waals surface area contributed by atoms with Gasteiger partial charge in [0.1, 0.15) is 0 Å². The molecule has 4 nitrogen and oxygen atoms in total. The van der Waals surface area contributed by atoms with Gasteiger partial charge in [-0.3, -0.25) is 4.90 Å². The second-order valence-corrected chi connectivity index (χ2v) is 7.69. The predicted molar refractivity (Wildman–Crippen MR) is 80.4 cm³/mol. The van der Waals surface area contributed by atoms with Gasteiger partial charge in [0.2, 0.25) is 0 Å². The zero-order chi connectivity index (χ0) is 15.9. The number of allylic oxidation sites excluding steroid dienone is 1. The van der Waals surface area contributed by atoms with Crippen LogP contribution in [-0.4, -0.2) is 33.9 Å². The lowest BCUT2D eigenvalue weighted by Gasteiger charge is -2.50. The first-order valence-corrected chi connectivity index (χ1v) is 6.91. The molecule has 0 aromatic rings. The van der Waals surface area contributed by atoms with Crippen LogP contribution < -0.4 is 0 Å². The summed E-state index contributed by atoms with van der Waals surface area (Å²) in [6.07, 6.45) is 4.31. The Morgan fingerprint density at radius 2 is 1.75 bits per heavy atom. The van der Waals surface area contributed by atoms with Gasteiger partial charge in [-0.1, -0.05) is 47.6 Å². The highest BCUT2D eigenvalue weighted by Crippen LogP contribution is 2.48. The van der Waals surface area contributed by atoms with Gasteiger partial charge in [-0.2, -0.15) is 0 Å². The number of hydrogen-bond donors (Lipinski definition) is 2. The van der Waals surface area contributed by atoms with E-state index in [1.807, 2.05) is 26.8 Å². The molecule has 2 N–H and O–H groups in total. The largest absolute Gasteiger partial charge is 0.465 e. The molecule has 1 aliphatic carbocycles. The summed E-state index contributed by atoms with van der Waals surface area (Å²) in [6, 6.07) is 0. The van der Waals surface area contributed by atoms with Crippen molar-refractivity contribution in [2.75, 3.05) is 7.05 Å². The van der Waals surface area contributed by atoms with Gasteiger partial charge in [0.05, 0.1) is 5.60 Å². The number of rotatable bonds is 1. The summed E-state index contributed by atoms with van der Waals surface area (Å²) < 4.78 is 0. The molecule has 0 saturated heterocycles. The third-order valence-electron chi connectivity index (χ3n) is 4.13. The molecule has 4 heteroatoms. The number of nitrogens with zero attached hydrogens (tertiary/aromatic N) is 1. The minimum Gasteiger partial charge on any atom is -0.465 e. The molecular formula is C16H27NO3. The fourth-order valence-corrected chi connectivity index (χ4v) is 2.63. The SMILES string of the molecule is CN(C(=O)O)C1=CC(C(C)(C)C)C(O)(C(C)(C)C)C=C1. The second-order valence-electron chi connectivity index (χ2n) is 7.69. The first kappa shape index (κ1) is 16.8. The number of amides is 1. The molecule has 0 spiro atoms. The number of hydrogen-bond acceptors (Lipinski definition) is 2. The number of aliphatic hydroxyl groups is 1. The summed E-state index contributed by atoms with van der Waals surface area (Å²) in [6.45, 7) is 12.2. The standard InChI is InChI=1S/C16H27NO3/c1-14(2,3)12-10-11(17(7)13(18)19)8-9-16(12,20)15(4,5)6/h8-10,12,20H,1-7H3,(H,18,19). The van der Waals surface area contributed by atoms with Crippen LogP contribution >= 0.6 is 0 Å². The van der Waals surface area contributed by atoms with Gasteiger partial charge in [0, 0.05) is 18.7 Å². The highest BCUT2D eigenvalue weighted by Gasteiger charge is 2.49. The highest BCUT2D eigenvalue weighted by molar-refractivity contribution is 5.68. The Labute approximate surface area is 121 Å². The Hall–Kier alpha value is -1.29. The van der Waals surface area contributed by atoms with E-state index >= 15 is 0 Å². The van der Waals surface area contributed by atoms with E-state index in [4.69, 9.17) is 5.11 Å². The maximum absolute atomic E-state index is 11.1. The molecule has 0 aliphatic heterocycles. The lowest BCUT2D eigenvalue weighted by molar-refractivity contribution is -0.0810. The van der Waals surface area contributed by atoms with Crippen LogP contribution in [0.15, 0.2) is 23.9 Å². The lowest BCUT2D eigenvalue weighted by atomic mass is 9.59. The Morgan fingerprint density at radius 3 is 2.10 bits per heavy atom. The number of carboxylic acid groups (broad SMARTS) is 1. The van der Waals surface area contributed by atoms with E-state index < -0.39 is 11.7 Å². The summed E-state index contributed by atoms with van der Waals surface area (Å²) in [7, 11) is 1.51. The summed E-state index contributed by atoms with van der Waals surface area (Å²) in [4.78, 5) is 12.3. The zero-order valence-electron chi connectivity index (χ0n) is 13.6. The van der Waals surface area contributed by atoms with Crippen molar-refractivity contribution in [3.63, 3.8) is 0 Å². The monoisotopic (exact) mass is 281 g/mol. The van der Waals surface area contributed by atoms with E-state index in [9.17, 15) is 9.90 Å². The van der Waals surface area contributed by atoms with E-state index in [1.54, 1.807) is 12.2 Å². The Balaban J connectivity index is 3.33. The summed E-state index contributed by atoms with van der Waals surface area (Å²) in [5.41, 5.74) is -0.928. The van der Waals surface area contributed by atoms with Crippen LogP contribution in [0.25, 0.3) is 0 Å². The van der Waals surface area contributed by atoms with E-state index in [2.05, 4.69) is 20.8 Å². The molecule has 0 bridgehead atoms. The van der Waals surface area contributed by atoms with Gasteiger partial charge >= 0.3 is 6.09 Å². The summed E-state index contributed by atoms with van der Waals surface area (Å²) in [5.74, 6) is -0.170. The Kier molecular flexibility index (Phi) is 4.12. The topological polar surface area (TPSA) is 60.8 Å². The molecule has 1 amide bonds. The van der Waals surface area contributed by atoms with Crippen LogP contribution in [-0.2, 0) is 0 Å². The van der Waals surface area contributed by atoms with Crippen molar-refractivity contribution in [1.82, 2.24) is 4.90 Å². The molecule has 0 heterocycles. The average molecular weight is 281 g/mol. The molecule has 0 saturated carbocycles. The quantitative estimate of drug-likeness (QED) is 0.773. The van der Waals surface area contributed by atoms with Gasteiger partial charge in [0.15, 0.2) is 0 Å². The smallest absolute Gasteiger partial charge is 0.411 e. The molecular weight excluding hydrogens is 254 g/mol. The van der Waals surface area contributed by atoms with Crippen LogP contribution in [0.3, 0.4) is 0 Å². The number of carbonyl (C=O) groups is 1. The maximum atomic E-state index is 11.1. The molecule has 2 unspecified atom stereocenters. The van der Waals surface area contributed by atoms with Crippen LogP contribution in [0.2, 0.25) is 0 Å². The highest BCUT2D eigenvalue weighted by atomic mass is 16.4. The van der Waals surface area contributed by atoms with Crippen LogP contribution in [0.1, 0.15) is 41.5 Å². The molecule has 1 aliphatic rings. The molecule has 20 heavy (non-hydrogen) atoms. The van der Waals surface area contributed by atoms with E-state index in [0.29, 0.717) is 5.70 Å². The van der Waals surface area contributed by atoms with Gasteiger partial charge in [-0.05, 0) is 23.0 Å². The van der Waals surface area contributed by atoms with E-state index in [1.165, 1.54) is 11.9 Å². The second kappa shape index (κ2) is 4.92. The molecule has 0 aromatic heterocycles. The van der Waals surface area contributed by atoms with Crippen LogP contribution in [0.5, 0.6) is 0 Å². The molecule has 0 fully saturated rings.